The van der Waals surface area contributed by atoms with E-state index in [9.17, 15) is 14.3 Å². The van der Waals surface area contributed by atoms with E-state index < -0.39 is 6.10 Å². The fourth-order valence-electron chi connectivity index (χ4n) is 2.76. The van der Waals surface area contributed by atoms with Crippen molar-refractivity contribution in [3.05, 3.63) is 65.5 Å². The highest BCUT2D eigenvalue weighted by Gasteiger charge is 2.09. The molecule has 0 aliphatic rings. The van der Waals surface area contributed by atoms with Crippen molar-refractivity contribution in [1.82, 2.24) is 15.5 Å². The van der Waals surface area contributed by atoms with E-state index >= 15 is 0 Å². The molecule has 2 aromatic rings. The molecule has 8 heteroatoms. The first-order valence-corrected chi connectivity index (χ1v) is 10.3. The number of guanidine groups is 1. The molecule has 0 saturated heterocycles. The summed E-state index contributed by atoms with van der Waals surface area (Å²) in [5.41, 5.74) is 1.70. The molecule has 0 aromatic heterocycles. The van der Waals surface area contributed by atoms with E-state index in [-0.39, 0.29) is 24.9 Å². The van der Waals surface area contributed by atoms with Gasteiger partial charge in [-0.15, -0.1) is 0 Å². The summed E-state index contributed by atoms with van der Waals surface area (Å²) in [6.45, 7) is 3.47. The lowest BCUT2D eigenvalue weighted by Gasteiger charge is -2.14. The number of ether oxygens (including phenoxy) is 1. The molecule has 1 atom stereocenters. The van der Waals surface area contributed by atoms with Crippen molar-refractivity contribution in [1.29, 1.82) is 0 Å². The van der Waals surface area contributed by atoms with Crippen LogP contribution in [0.3, 0.4) is 0 Å². The van der Waals surface area contributed by atoms with E-state index in [2.05, 4.69) is 15.6 Å². The smallest absolute Gasteiger partial charge is 0.253 e. The van der Waals surface area contributed by atoms with Crippen molar-refractivity contribution in [2.45, 2.75) is 19.4 Å². The number of aliphatic imine (C=N–C) groups is 1. The van der Waals surface area contributed by atoms with Gasteiger partial charge in [0.15, 0.2) is 5.96 Å². The molecule has 3 N–H and O–H groups in total. The summed E-state index contributed by atoms with van der Waals surface area (Å²) in [5, 5.41) is 16.5. The third-order valence-corrected chi connectivity index (χ3v) is 4.35. The molecule has 2 rings (SSSR count). The number of carbonyl (C=O) groups excluding carboxylic acids is 1. The lowest BCUT2D eigenvalue weighted by Crippen LogP contribution is -2.39. The number of benzene rings is 2. The monoisotopic (exact) mass is 430 g/mol. The summed E-state index contributed by atoms with van der Waals surface area (Å²) in [7, 11) is 3.46. The minimum Gasteiger partial charge on any atom is -0.491 e. The number of nitrogens with zero attached hydrogens (tertiary/aromatic N) is 2. The number of aliphatic hydroxyl groups is 1. The normalized spacial score (nSPS) is 12.2. The van der Waals surface area contributed by atoms with E-state index in [4.69, 9.17) is 4.74 Å². The Hall–Kier alpha value is -3.13. The second-order valence-electron chi connectivity index (χ2n) is 7.22. The zero-order valence-corrected chi connectivity index (χ0v) is 18.3. The molecule has 168 valence electrons. The molecule has 0 radical (unpaired) electrons. The molecule has 1 amide bonds. The summed E-state index contributed by atoms with van der Waals surface area (Å²) in [6.07, 6.45) is -0.0795. The van der Waals surface area contributed by atoms with Gasteiger partial charge in [-0.2, -0.15) is 0 Å². The van der Waals surface area contributed by atoms with E-state index in [1.807, 2.05) is 25.1 Å². The highest BCUT2D eigenvalue weighted by atomic mass is 19.1. The van der Waals surface area contributed by atoms with Crippen molar-refractivity contribution >= 4 is 11.9 Å². The number of carbonyl (C=O) groups is 1. The maximum absolute atomic E-state index is 12.9. The second-order valence-corrected chi connectivity index (χ2v) is 7.22. The Kier molecular flexibility index (Phi) is 9.77. The van der Waals surface area contributed by atoms with E-state index in [1.54, 1.807) is 25.1 Å². The SMILES string of the molecule is CCNC(=NCC(O)COc1ccc(F)cc1)NCCc1cccc(C(=O)N(C)C)c1. The quantitative estimate of drug-likeness (QED) is 0.397. The number of aliphatic hydroxyl groups excluding tert-OH is 1. The van der Waals surface area contributed by atoms with Gasteiger partial charge in [0.2, 0.25) is 0 Å². The Labute approximate surface area is 182 Å². The highest BCUT2D eigenvalue weighted by Crippen LogP contribution is 2.11. The molecular weight excluding hydrogens is 399 g/mol. The van der Waals surface area contributed by atoms with Gasteiger partial charge < -0.3 is 25.4 Å². The number of rotatable bonds is 10. The van der Waals surface area contributed by atoms with Crippen LogP contribution in [-0.2, 0) is 6.42 Å². The number of hydrogen-bond donors (Lipinski definition) is 3. The first-order chi connectivity index (χ1) is 14.9. The first-order valence-electron chi connectivity index (χ1n) is 10.3. The molecular formula is C23H31FN4O3. The number of nitrogens with one attached hydrogen (secondary N) is 2. The van der Waals surface area contributed by atoms with Gasteiger partial charge in [0.25, 0.3) is 5.91 Å². The third kappa shape index (κ3) is 8.64. The Bertz CT molecular complexity index is 856. The van der Waals surface area contributed by atoms with Crippen LogP contribution < -0.4 is 15.4 Å². The fraction of sp³-hybridized carbons (Fsp3) is 0.391. The number of halogens is 1. The molecule has 1 unspecified atom stereocenters. The van der Waals surface area contributed by atoms with Gasteiger partial charge in [0.1, 0.15) is 24.3 Å². The van der Waals surface area contributed by atoms with Gasteiger partial charge in [-0.3, -0.25) is 9.79 Å². The van der Waals surface area contributed by atoms with Gasteiger partial charge in [-0.05, 0) is 55.3 Å². The van der Waals surface area contributed by atoms with Crippen LogP contribution in [0.4, 0.5) is 4.39 Å². The van der Waals surface area contributed by atoms with Gasteiger partial charge in [-0.1, -0.05) is 12.1 Å². The van der Waals surface area contributed by atoms with Crippen LogP contribution in [0.1, 0.15) is 22.8 Å². The lowest BCUT2D eigenvalue weighted by atomic mass is 10.1. The Morgan fingerprint density at radius 3 is 2.61 bits per heavy atom. The summed E-state index contributed by atoms with van der Waals surface area (Å²) in [4.78, 5) is 18.0. The average Bonchev–Trinajstić information content (AvgIpc) is 2.76. The van der Waals surface area contributed by atoms with Gasteiger partial charge in [0.05, 0.1) is 6.54 Å². The molecule has 0 saturated carbocycles. The molecule has 0 heterocycles. The van der Waals surface area contributed by atoms with Crippen molar-refractivity contribution in [3.8, 4) is 5.75 Å². The summed E-state index contributed by atoms with van der Waals surface area (Å²) >= 11 is 0. The Balaban J connectivity index is 1.82. The molecule has 2 aromatic carbocycles. The molecule has 7 nitrogen and oxygen atoms in total. The van der Waals surface area contributed by atoms with Crippen molar-refractivity contribution in [3.63, 3.8) is 0 Å². The number of amides is 1. The van der Waals surface area contributed by atoms with Crippen LogP contribution in [0.2, 0.25) is 0 Å². The summed E-state index contributed by atoms with van der Waals surface area (Å²) in [6, 6.07) is 13.2. The van der Waals surface area contributed by atoms with E-state index in [0.717, 1.165) is 12.0 Å². The lowest BCUT2D eigenvalue weighted by molar-refractivity contribution is 0.0827. The van der Waals surface area contributed by atoms with Crippen molar-refractivity contribution in [2.24, 2.45) is 4.99 Å². The molecule has 0 aliphatic heterocycles. The molecule has 0 aliphatic carbocycles. The fourth-order valence-corrected chi connectivity index (χ4v) is 2.76. The minimum absolute atomic E-state index is 0.0263. The summed E-state index contributed by atoms with van der Waals surface area (Å²) < 4.78 is 18.4. The molecule has 0 spiro atoms. The van der Waals surface area contributed by atoms with Gasteiger partial charge in [0, 0.05) is 32.7 Å². The zero-order valence-electron chi connectivity index (χ0n) is 18.3. The van der Waals surface area contributed by atoms with Crippen LogP contribution in [0.5, 0.6) is 5.75 Å². The van der Waals surface area contributed by atoms with Gasteiger partial charge >= 0.3 is 0 Å². The predicted molar refractivity (Wildman–Crippen MR) is 120 cm³/mol. The Morgan fingerprint density at radius 1 is 1.19 bits per heavy atom. The maximum Gasteiger partial charge on any atom is 0.253 e. The first kappa shape index (κ1) is 24.1. The standard InChI is InChI=1S/C23H31FN4O3/c1-4-25-23(27-15-20(29)16-31-21-10-8-19(24)9-11-21)26-13-12-17-6-5-7-18(14-17)22(30)28(2)3/h5-11,14,20,29H,4,12-13,15-16H2,1-3H3,(H2,25,26,27). The number of hydrogen-bond acceptors (Lipinski definition) is 4. The molecule has 31 heavy (non-hydrogen) atoms. The van der Waals surface area contributed by atoms with E-state index in [1.165, 1.54) is 24.3 Å². The van der Waals surface area contributed by atoms with Crippen molar-refractivity contribution < 1.29 is 19.0 Å². The largest absolute Gasteiger partial charge is 0.491 e. The molecule has 0 bridgehead atoms. The van der Waals surface area contributed by atoms with Crippen LogP contribution in [-0.4, -0.2) is 68.3 Å². The highest BCUT2D eigenvalue weighted by molar-refractivity contribution is 5.94. The van der Waals surface area contributed by atoms with Crippen LogP contribution in [0, 0.1) is 5.82 Å². The molecule has 0 fully saturated rings. The second kappa shape index (κ2) is 12.5. The third-order valence-electron chi connectivity index (χ3n) is 4.35. The van der Waals surface area contributed by atoms with E-state index in [0.29, 0.717) is 30.4 Å². The van der Waals surface area contributed by atoms with Gasteiger partial charge in [-0.25, -0.2) is 4.39 Å². The minimum atomic E-state index is -0.797. The zero-order chi connectivity index (χ0) is 22.6. The summed E-state index contributed by atoms with van der Waals surface area (Å²) in [5.74, 6) is 0.713. The van der Waals surface area contributed by atoms with Crippen LogP contribution in [0.25, 0.3) is 0 Å². The van der Waals surface area contributed by atoms with Crippen LogP contribution >= 0.6 is 0 Å². The maximum atomic E-state index is 12.9. The average molecular weight is 431 g/mol. The van der Waals surface area contributed by atoms with Crippen molar-refractivity contribution in [2.75, 3.05) is 40.3 Å². The van der Waals surface area contributed by atoms with Crippen LogP contribution in [0.15, 0.2) is 53.5 Å². The topological polar surface area (TPSA) is 86.2 Å². The Morgan fingerprint density at radius 2 is 1.94 bits per heavy atom. The predicted octanol–water partition coefficient (Wildman–Crippen LogP) is 2.06.